The number of nitrogens with zero attached hydrogens (tertiary/aromatic N) is 4. The van der Waals surface area contributed by atoms with Gasteiger partial charge in [-0.25, -0.2) is 9.97 Å². The van der Waals surface area contributed by atoms with Crippen LogP contribution < -0.4 is 10.2 Å². The molecule has 0 atom stereocenters. The van der Waals surface area contributed by atoms with Crippen LogP contribution in [0.25, 0.3) is 0 Å². The Balaban J connectivity index is 1.56. The molecule has 1 fully saturated rings. The molecule has 1 N–H and O–H groups in total. The number of anilines is 2. The van der Waals surface area contributed by atoms with E-state index >= 15 is 0 Å². The molecule has 0 bridgehead atoms. The fraction of sp³-hybridized carbons (Fsp3) is 0.421. The van der Waals surface area contributed by atoms with Gasteiger partial charge in [-0.2, -0.15) is 0 Å². The van der Waals surface area contributed by atoms with Crippen LogP contribution in [0.15, 0.2) is 36.5 Å². The van der Waals surface area contributed by atoms with Crippen LogP contribution in [-0.2, 0) is 4.74 Å². The first-order valence-electron chi connectivity index (χ1n) is 9.03. The Labute approximate surface area is 164 Å². The van der Waals surface area contributed by atoms with Crippen molar-refractivity contribution in [1.82, 2.24) is 14.9 Å². The maximum atomic E-state index is 12.8. The number of hydrogen-bond acceptors (Lipinski definition) is 6. The Bertz CT molecular complexity index is 765. The van der Waals surface area contributed by atoms with Crippen molar-refractivity contribution >= 4 is 29.1 Å². The second kappa shape index (κ2) is 9.53. The van der Waals surface area contributed by atoms with Gasteiger partial charge in [-0.15, -0.1) is 0 Å². The van der Waals surface area contributed by atoms with Crippen molar-refractivity contribution in [1.29, 1.82) is 0 Å². The lowest BCUT2D eigenvalue weighted by molar-refractivity contribution is 0.0741. The van der Waals surface area contributed by atoms with Crippen LogP contribution >= 0.6 is 11.6 Å². The first-order chi connectivity index (χ1) is 13.2. The van der Waals surface area contributed by atoms with E-state index in [1.807, 2.05) is 29.2 Å². The molecule has 0 aliphatic carbocycles. The van der Waals surface area contributed by atoms with Crippen molar-refractivity contribution in [2.24, 2.45) is 0 Å². The molecule has 0 saturated carbocycles. The van der Waals surface area contributed by atoms with Gasteiger partial charge in [0.05, 0.1) is 0 Å². The highest BCUT2D eigenvalue weighted by Gasteiger charge is 2.23. The minimum Gasteiger partial charge on any atom is -0.385 e. The Morgan fingerprint density at radius 2 is 2.07 bits per heavy atom. The van der Waals surface area contributed by atoms with E-state index in [0.717, 1.165) is 30.2 Å². The van der Waals surface area contributed by atoms with Gasteiger partial charge >= 0.3 is 0 Å². The van der Waals surface area contributed by atoms with E-state index in [4.69, 9.17) is 16.3 Å². The van der Waals surface area contributed by atoms with Gasteiger partial charge in [-0.05, 0) is 30.7 Å². The van der Waals surface area contributed by atoms with Crippen LogP contribution in [0.3, 0.4) is 0 Å². The van der Waals surface area contributed by atoms with Crippen LogP contribution in [0.5, 0.6) is 0 Å². The molecule has 1 amide bonds. The highest BCUT2D eigenvalue weighted by molar-refractivity contribution is 6.30. The quantitative estimate of drug-likeness (QED) is 0.734. The molecular weight excluding hydrogens is 366 g/mol. The third-order valence-corrected chi connectivity index (χ3v) is 4.66. The topological polar surface area (TPSA) is 70.6 Å². The normalized spacial score (nSPS) is 14.3. The largest absolute Gasteiger partial charge is 0.385 e. The van der Waals surface area contributed by atoms with Crippen molar-refractivity contribution in [2.45, 2.75) is 6.42 Å². The molecule has 7 nitrogen and oxygen atoms in total. The van der Waals surface area contributed by atoms with E-state index in [2.05, 4.69) is 20.2 Å². The van der Waals surface area contributed by atoms with Crippen molar-refractivity contribution in [3.63, 3.8) is 0 Å². The molecule has 1 aromatic heterocycles. The molecule has 1 aliphatic rings. The summed E-state index contributed by atoms with van der Waals surface area (Å²) in [5, 5.41) is 3.84. The Kier molecular flexibility index (Phi) is 6.84. The van der Waals surface area contributed by atoms with E-state index in [0.29, 0.717) is 37.9 Å². The molecule has 2 aromatic rings. The van der Waals surface area contributed by atoms with E-state index in [9.17, 15) is 4.79 Å². The van der Waals surface area contributed by atoms with Gasteiger partial charge in [0.25, 0.3) is 5.91 Å². The molecule has 0 radical (unpaired) electrons. The van der Waals surface area contributed by atoms with Gasteiger partial charge in [0.1, 0.15) is 5.69 Å². The summed E-state index contributed by atoms with van der Waals surface area (Å²) in [4.78, 5) is 25.4. The van der Waals surface area contributed by atoms with Crippen molar-refractivity contribution in [3.8, 4) is 0 Å². The molecule has 0 spiro atoms. The zero-order valence-corrected chi connectivity index (χ0v) is 16.2. The van der Waals surface area contributed by atoms with Crippen LogP contribution in [0.1, 0.15) is 16.9 Å². The van der Waals surface area contributed by atoms with Gasteiger partial charge in [0.2, 0.25) is 5.95 Å². The molecule has 8 heteroatoms. The van der Waals surface area contributed by atoms with Crippen molar-refractivity contribution in [3.05, 3.63) is 47.2 Å². The van der Waals surface area contributed by atoms with E-state index < -0.39 is 0 Å². The first kappa shape index (κ1) is 19.4. The Morgan fingerprint density at radius 3 is 2.81 bits per heavy atom. The summed E-state index contributed by atoms with van der Waals surface area (Å²) in [7, 11) is 1.67. The smallest absolute Gasteiger partial charge is 0.272 e. The maximum Gasteiger partial charge on any atom is 0.272 e. The molecule has 1 saturated heterocycles. The number of aromatic nitrogens is 2. The minimum absolute atomic E-state index is 0.0666. The number of hydrogen-bond donors (Lipinski definition) is 1. The molecule has 2 heterocycles. The van der Waals surface area contributed by atoms with Crippen LogP contribution in [0.4, 0.5) is 11.6 Å². The van der Waals surface area contributed by atoms with Crippen molar-refractivity contribution < 1.29 is 9.53 Å². The number of carbonyl (C=O) groups excluding carboxylic acids is 1. The van der Waals surface area contributed by atoms with Gasteiger partial charge in [-0.1, -0.05) is 17.7 Å². The maximum absolute atomic E-state index is 12.8. The highest BCUT2D eigenvalue weighted by Crippen LogP contribution is 2.21. The summed E-state index contributed by atoms with van der Waals surface area (Å²) in [6.07, 6.45) is 2.46. The van der Waals surface area contributed by atoms with Crippen LogP contribution in [0, 0.1) is 0 Å². The standard InChI is InChI=1S/C19H24ClN5O2/c1-27-13-3-7-21-19-22-8-6-17(23-19)18(26)25-11-9-24(10-12-25)16-5-2-4-15(20)14-16/h2,4-6,8,14H,3,7,9-13H2,1H3,(H,21,22,23). The number of benzene rings is 1. The Morgan fingerprint density at radius 1 is 1.26 bits per heavy atom. The number of piperazine rings is 1. The lowest BCUT2D eigenvalue weighted by Gasteiger charge is -2.36. The zero-order valence-electron chi connectivity index (χ0n) is 15.4. The molecule has 144 valence electrons. The number of halogens is 1. The van der Waals surface area contributed by atoms with Crippen LogP contribution in [-0.4, -0.2) is 67.2 Å². The fourth-order valence-corrected chi connectivity index (χ4v) is 3.17. The van der Waals surface area contributed by atoms with Gasteiger partial charge < -0.3 is 19.9 Å². The van der Waals surface area contributed by atoms with E-state index in [-0.39, 0.29) is 5.91 Å². The first-order valence-corrected chi connectivity index (χ1v) is 9.41. The lowest BCUT2D eigenvalue weighted by Crippen LogP contribution is -2.49. The van der Waals surface area contributed by atoms with Crippen LogP contribution in [0.2, 0.25) is 5.02 Å². The number of ether oxygens (including phenoxy) is 1. The SMILES string of the molecule is COCCCNc1nccc(C(=O)N2CCN(c3cccc(Cl)c3)CC2)n1. The minimum atomic E-state index is -0.0666. The van der Waals surface area contributed by atoms with Gasteiger partial charge in [-0.3, -0.25) is 4.79 Å². The molecule has 27 heavy (non-hydrogen) atoms. The molecule has 0 unspecified atom stereocenters. The average Bonchev–Trinajstić information content (AvgIpc) is 2.71. The summed E-state index contributed by atoms with van der Waals surface area (Å²) in [6, 6.07) is 9.45. The molecule has 1 aromatic carbocycles. The monoisotopic (exact) mass is 389 g/mol. The zero-order chi connectivity index (χ0) is 19.1. The molecule has 3 rings (SSSR count). The van der Waals surface area contributed by atoms with E-state index in [1.54, 1.807) is 19.4 Å². The average molecular weight is 390 g/mol. The highest BCUT2D eigenvalue weighted by atomic mass is 35.5. The Hall–Kier alpha value is -2.38. The number of nitrogens with one attached hydrogen (secondary N) is 1. The molecular formula is C19H24ClN5O2. The van der Waals surface area contributed by atoms with Gasteiger partial charge in [0, 0.05) is 63.3 Å². The third kappa shape index (κ3) is 5.30. The summed E-state index contributed by atoms with van der Waals surface area (Å²) in [6.45, 7) is 4.18. The van der Waals surface area contributed by atoms with E-state index in [1.165, 1.54) is 0 Å². The summed E-state index contributed by atoms with van der Waals surface area (Å²) >= 11 is 6.07. The molecule has 1 aliphatic heterocycles. The second-order valence-corrected chi connectivity index (χ2v) is 6.73. The number of rotatable bonds is 7. The number of amides is 1. The van der Waals surface area contributed by atoms with Gasteiger partial charge in [0.15, 0.2) is 0 Å². The number of carbonyl (C=O) groups is 1. The number of methoxy groups -OCH3 is 1. The summed E-state index contributed by atoms with van der Waals surface area (Å²) in [5.41, 5.74) is 1.50. The fourth-order valence-electron chi connectivity index (χ4n) is 2.98. The summed E-state index contributed by atoms with van der Waals surface area (Å²) < 4.78 is 5.02. The third-order valence-electron chi connectivity index (χ3n) is 4.42. The summed E-state index contributed by atoms with van der Waals surface area (Å²) in [5.74, 6) is 0.401. The predicted molar refractivity (Wildman–Crippen MR) is 107 cm³/mol. The lowest BCUT2D eigenvalue weighted by atomic mass is 10.2. The second-order valence-electron chi connectivity index (χ2n) is 6.30. The van der Waals surface area contributed by atoms with Crippen molar-refractivity contribution in [2.75, 3.05) is 56.7 Å². The predicted octanol–water partition coefficient (Wildman–Crippen LogP) is 2.54.